The van der Waals surface area contributed by atoms with Gasteiger partial charge < -0.3 is 5.32 Å². The number of sulfonamides is 1. The van der Waals surface area contributed by atoms with Gasteiger partial charge in [0.25, 0.3) is 15.9 Å². The monoisotopic (exact) mass is 539 g/mol. The highest BCUT2D eigenvalue weighted by molar-refractivity contribution is 7.94. The number of nitrogens with two attached hydrogens (primary N) is 1. The Hall–Kier alpha value is -3.41. The third-order valence-corrected chi connectivity index (χ3v) is 7.84. The highest BCUT2D eigenvalue weighted by atomic mass is 32.2. The first-order valence-electron chi connectivity index (χ1n) is 9.43. The lowest BCUT2D eigenvalue weighted by molar-refractivity contribution is -0.195. The summed E-state index contributed by atoms with van der Waals surface area (Å²) in [7, 11) is -4.26. The number of fused-ring (bicyclic) bond motifs is 1. The zero-order valence-corrected chi connectivity index (χ0v) is 19.7. The molecule has 2 aromatic heterocycles. The van der Waals surface area contributed by atoms with Gasteiger partial charge in [-0.1, -0.05) is 17.4 Å². The minimum Gasteiger partial charge on any atom is -0.306 e. The van der Waals surface area contributed by atoms with Crippen molar-refractivity contribution in [2.45, 2.75) is 15.5 Å². The Kier molecular flexibility index (Phi) is 7.10. The van der Waals surface area contributed by atoms with Crippen LogP contribution in [0.15, 0.2) is 57.8 Å². The number of thiophene rings is 1. The van der Waals surface area contributed by atoms with Crippen LogP contribution < -0.4 is 20.8 Å². The van der Waals surface area contributed by atoms with Crippen LogP contribution >= 0.6 is 23.4 Å². The second-order valence-corrected chi connectivity index (χ2v) is 10.5. The maximum Gasteiger partial charge on any atom is 0.333 e. The van der Waals surface area contributed by atoms with Gasteiger partial charge in [-0.25, -0.2) is 27.8 Å². The second-order valence-electron chi connectivity index (χ2n) is 6.80. The average Bonchev–Trinajstić information content (AvgIpc) is 3.26. The topological polar surface area (TPSA) is 170 Å². The van der Waals surface area contributed by atoms with E-state index in [1.165, 1.54) is 18.2 Å². The summed E-state index contributed by atoms with van der Waals surface area (Å²) in [4.78, 5) is 47.1. The molecule has 0 radical (unpaired) electrons. The number of anilines is 2. The number of urea groups is 1. The number of carbonyl (C=O) groups excluding carboxylic acids is 3. The molecule has 3 heterocycles. The maximum atomic E-state index is 13.1. The zero-order valence-electron chi connectivity index (χ0n) is 17.3. The fourth-order valence-corrected chi connectivity index (χ4v) is 5.41. The molecule has 4 rings (SSSR count). The van der Waals surface area contributed by atoms with Crippen molar-refractivity contribution < 1.29 is 36.5 Å². The molecule has 12 nitrogen and oxygen atoms in total. The molecule has 0 saturated carbocycles. The quantitative estimate of drug-likeness (QED) is 0.175. The lowest BCUT2D eigenvalue weighted by atomic mass is 9.98. The molecule has 0 atom stereocenters. The molecule has 0 aliphatic carbocycles. The van der Waals surface area contributed by atoms with Crippen molar-refractivity contribution in [2.24, 2.45) is 5.90 Å². The van der Waals surface area contributed by atoms with Crippen LogP contribution in [0.4, 0.5) is 20.7 Å². The van der Waals surface area contributed by atoms with E-state index >= 15 is 0 Å². The summed E-state index contributed by atoms with van der Waals surface area (Å²) >= 11 is 1.14. The van der Waals surface area contributed by atoms with Gasteiger partial charge in [0.05, 0.1) is 30.3 Å². The van der Waals surface area contributed by atoms with Gasteiger partial charge in [0.1, 0.15) is 10.0 Å². The number of hydrogen-bond donors (Lipinski definition) is 3. The number of carbonyl (C=O) groups is 3. The first-order valence-corrected chi connectivity index (χ1v) is 12.5. The van der Waals surface area contributed by atoms with E-state index in [0.29, 0.717) is 21.8 Å². The average molecular weight is 540 g/mol. The molecule has 1 aliphatic rings. The number of nitrogens with one attached hydrogen (secondary N) is 2. The Morgan fingerprint density at radius 2 is 2.00 bits per heavy atom. The number of nitrogens with zero attached hydrogens (tertiary/aromatic N) is 2. The van der Waals surface area contributed by atoms with Gasteiger partial charge in [-0.05, 0) is 42.0 Å². The van der Waals surface area contributed by atoms with Crippen LogP contribution in [0.25, 0.3) is 0 Å². The summed E-state index contributed by atoms with van der Waals surface area (Å²) in [5, 5.41) is 1.54. The van der Waals surface area contributed by atoms with Crippen molar-refractivity contribution in [3.05, 3.63) is 64.9 Å². The molecule has 4 amide bonds. The molecule has 4 N–H and O–H groups in total. The molecule has 0 saturated heterocycles. The van der Waals surface area contributed by atoms with Crippen LogP contribution in [-0.4, -0.2) is 31.2 Å². The number of pyridine rings is 1. The number of amides is 4. The number of benzene rings is 1. The van der Waals surface area contributed by atoms with Crippen molar-refractivity contribution in [1.82, 2.24) is 9.71 Å². The van der Waals surface area contributed by atoms with Gasteiger partial charge >= 0.3 is 6.03 Å². The summed E-state index contributed by atoms with van der Waals surface area (Å²) in [6.07, 6.45) is 1.09. The molecule has 0 unspecified atom stereocenters. The van der Waals surface area contributed by atoms with Crippen LogP contribution in [-0.2, 0) is 30.6 Å². The minimum atomic E-state index is -4.26. The molecular formula is C19H14FN5O7S3. The Bertz CT molecular complexity index is 1410. The fraction of sp³-hybridized carbons (Fsp3) is 0.0526. The fourth-order valence-electron chi connectivity index (χ4n) is 3.09. The molecule has 0 spiro atoms. The zero-order chi connectivity index (χ0) is 25.2. The number of imide groups is 1. The highest BCUT2D eigenvalue weighted by Crippen LogP contribution is 2.29. The van der Waals surface area contributed by atoms with E-state index < -0.39 is 33.0 Å². The highest BCUT2D eigenvalue weighted by Gasteiger charge is 2.33. The van der Waals surface area contributed by atoms with Gasteiger partial charge in [-0.3, -0.25) is 9.59 Å². The number of halogens is 1. The van der Waals surface area contributed by atoms with Gasteiger partial charge in [0.15, 0.2) is 5.13 Å². The molecule has 182 valence electrons. The molecule has 0 bridgehead atoms. The van der Waals surface area contributed by atoms with Crippen LogP contribution in [0.1, 0.15) is 15.9 Å². The summed E-state index contributed by atoms with van der Waals surface area (Å²) in [6.45, 7) is 0. The normalized spacial score (nSPS) is 13.5. The SMILES string of the molecule is NOOSc1ccc2c(c1)C(=O)N(c1ccc(NC(=O)NS(=O)(=O)c3ccc(F)s3)cn1)C(=O)C2. The molecule has 1 aliphatic heterocycles. The van der Waals surface area contributed by atoms with Crippen LogP contribution in [0, 0.1) is 5.13 Å². The maximum absolute atomic E-state index is 13.1. The molecular weight excluding hydrogens is 525 g/mol. The van der Waals surface area contributed by atoms with Gasteiger partial charge in [0, 0.05) is 10.5 Å². The standard InChI is InChI=1S/C19H14FN5O7S3/c20-14-4-6-17(33-14)35(29,30)24-19(28)23-11-2-5-15(22-9-11)25-16(26)7-10-1-3-12(34-32-31-21)8-13(10)18(25)27/h1-6,8-9H,7,21H2,(H2,23,24,28). The third kappa shape index (κ3) is 5.47. The Morgan fingerprint density at radius 1 is 1.20 bits per heavy atom. The van der Waals surface area contributed by atoms with E-state index in [4.69, 9.17) is 5.90 Å². The van der Waals surface area contributed by atoms with Crippen molar-refractivity contribution in [3.63, 3.8) is 0 Å². The van der Waals surface area contributed by atoms with Crippen LogP contribution in [0.5, 0.6) is 0 Å². The Morgan fingerprint density at radius 3 is 2.66 bits per heavy atom. The predicted octanol–water partition coefficient (Wildman–Crippen LogP) is 2.35. The molecule has 1 aromatic carbocycles. The number of hydrogen-bond acceptors (Lipinski definition) is 11. The predicted molar refractivity (Wildman–Crippen MR) is 122 cm³/mol. The van der Waals surface area contributed by atoms with E-state index in [2.05, 4.69) is 19.6 Å². The van der Waals surface area contributed by atoms with Crippen LogP contribution in [0.2, 0.25) is 0 Å². The van der Waals surface area contributed by atoms with Crippen LogP contribution in [0.3, 0.4) is 0 Å². The lowest BCUT2D eigenvalue weighted by Gasteiger charge is -2.26. The number of aromatic nitrogens is 1. The molecule has 16 heteroatoms. The third-order valence-electron chi connectivity index (χ3n) is 4.55. The van der Waals surface area contributed by atoms with Gasteiger partial charge in [0.2, 0.25) is 5.91 Å². The van der Waals surface area contributed by atoms with Gasteiger partial charge in [-0.15, -0.1) is 9.32 Å². The van der Waals surface area contributed by atoms with E-state index in [9.17, 15) is 27.2 Å². The lowest BCUT2D eigenvalue weighted by Crippen LogP contribution is -2.43. The second kappa shape index (κ2) is 10.1. The summed E-state index contributed by atoms with van der Waals surface area (Å²) < 4.78 is 43.3. The van der Waals surface area contributed by atoms with Crippen molar-refractivity contribution >= 4 is 62.8 Å². The van der Waals surface area contributed by atoms with Crippen molar-refractivity contribution in [2.75, 3.05) is 10.2 Å². The van der Waals surface area contributed by atoms with Crippen molar-refractivity contribution in [3.8, 4) is 0 Å². The Labute approximate surface area is 205 Å². The van der Waals surface area contributed by atoms with E-state index in [-0.39, 0.29) is 27.7 Å². The minimum absolute atomic E-state index is 0.00196. The summed E-state index contributed by atoms with van der Waals surface area (Å²) in [5.74, 6) is 3.68. The van der Waals surface area contributed by atoms with E-state index in [0.717, 1.165) is 35.3 Å². The molecule has 3 aromatic rings. The largest absolute Gasteiger partial charge is 0.333 e. The van der Waals surface area contributed by atoms with Gasteiger partial charge in [-0.2, -0.15) is 10.3 Å². The summed E-state index contributed by atoms with van der Waals surface area (Å²) in [6, 6.07) is 8.28. The van der Waals surface area contributed by atoms with E-state index in [1.807, 2.05) is 0 Å². The van der Waals surface area contributed by atoms with E-state index in [1.54, 1.807) is 16.9 Å². The molecule has 35 heavy (non-hydrogen) atoms. The first-order chi connectivity index (χ1) is 16.7. The van der Waals surface area contributed by atoms with Crippen molar-refractivity contribution in [1.29, 1.82) is 0 Å². The summed E-state index contributed by atoms with van der Waals surface area (Å²) in [5.41, 5.74) is 0.860. The smallest absolute Gasteiger partial charge is 0.306 e. The first kappa shape index (κ1) is 24.7. The molecule has 0 fully saturated rings. The Balaban J connectivity index is 1.47. The number of rotatable bonds is 7.